The fourth-order valence-electron chi connectivity index (χ4n) is 4.01. The van der Waals surface area contributed by atoms with Crippen molar-refractivity contribution in [2.45, 2.75) is 6.61 Å². The van der Waals surface area contributed by atoms with Crippen LogP contribution in [0.3, 0.4) is 0 Å². The first-order chi connectivity index (χ1) is 18.2. The zero-order valence-electron chi connectivity index (χ0n) is 21.4. The van der Waals surface area contributed by atoms with Crippen LogP contribution < -0.4 is 23.1 Å². The molecule has 0 unspecified atom stereocenters. The largest absolute Gasteiger partial charge is 0.496 e. The highest BCUT2D eigenvalue weighted by atomic mass is 32.2. The van der Waals surface area contributed by atoms with Gasteiger partial charge in [0, 0.05) is 5.56 Å². The summed E-state index contributed by atoms with van der Waals surface area (Å²) < 4.78 is 66.6. The van der Waals surface area contributed by atoms with Gasteiger partial charge in [-0.2, -0.15) is 8.42 Å². The van der Waals surface area contributed by atoms with Crippen molar-refractivity contribution in [3.63, 3.8) is 0 Å². The molecule has 4 rings (SSSR count). The molecule has 0 amide bonds. The van der Waals surface area contributed by atoms with Crippen molar-refractivity contribution in [3.05, 3.63) is 90.2 Å². The Hall–Kier alpha value is -4.24. The molecule has 0 aliphatic carbocycles. The fourth-order valence-corrected chi connectivity index (χ4v) is 4.47. The lowest BCUT2D eigenvalue weighted by molar-refractivity contribution is 0.284. The maximum absolute atomic E-state index is 13.6. The van der Waals surface area contributed by atoms with Crippen LogP contribution in [0.4, 0.5) is 4.39 Å². The van der Waals surface area contributed by atoms with Crippen LogP contribution in [-0.4, -0.2) is 36.0 Å². The third kappa shape index (κ3) is 6.00. The van der Waals surface area contributed by atoms with Gasteiger partial charge in [-0.3, -0.25) is 0 Å². The van der Waals surface area contributed by atoms with Crippen molar-refractivity contribution in [2.75, 3.05) is 27.6 Å². The molecule has 0 atom stereocenters. The number of hydrogen-bond donors (Lipinski definition) is 0. The van der Waals surface area contributed by atoms with Gasteiger partial charge in [0.2, 0.25) is 0 Å². The summed E-state index contributed by atoms with van der Waals surface area (Å²) in [7, 11) is 0.381. The van der Waals surface area contributed by atoms with E-state index in [4.69, 9.17) is 23.1 Å². The molecule has 0 aromatic heterocycles. The minimum Gasteiger partial charge on any atom is -0.496 e. The number of hydrogen-bond acceptors (Lipinski definition) is 7. The second-order valence-corrected chi connectivity index (χ2v) is 9.87. The van der Waals surface area contributed by atoms with Crippen molar-refractivity contribution in [3.8, 4) is 51.0 Å². The van der Waals surface area contributed by atoms with Gasteiger partial charge in [-0.15, -0.1) is 0 Å². The van der Waals surface area contributed by atoms with Crippen LogP contribution >= 0.6 is 0 Å². The number of ether oxygens (including phenoxy) is 4. The lowest BCUT2D eigenvalue weighted by Crippen LogP contribution is -2.09. The lowest BCUT2D eigenvalue weighted by Gasteiger charge is -2.21. The number of halogens is 1. The Morgan fingerprint density at radius 2 is 1.37 bits per heavy atom. The highest BCUT2D eigenvalue weighted by molar-refractivity contribution is 7.86. The molecule has 0 aliphatic rings. The molecule has 9 heteroatoms. The monoisotopic (exact) mass is 538 g/mol. The molecule has 4 aromatic rings. The predicted molar refractivity (Wildman–Crippen MR) is 143 cm³/mol. The molecule has 0 fully saturated rings. The summed E-state index contributed by atoms with van der Waals surface area (Å²) in [5.74, 6) is 0.885. The Labute approximate surface area is 221 Å². The van der Waals surface area contributed by atoms with Gasteiger partial charge in [0.1, 0.15) is 18.2 Å². The van der Waals surface area contributed by atoms with Crippen LogP contribution in [0, 0.1) is 5.82 Å². The molecule has 38 heavy (non-hydrogen) atoms. The third-order valence-electron chi connectivity index (χ3n) is 5.70. The van der Waals surface area contributed by atoms with Gasteiger partial charge in [-0.25, -0.2) is 4.39 Å². The van der Waals surface area contributed by atoms with E-state index in [9.17, 15) is 12.8 Å². The zero-order chi connectivity index (χ0) is 27.3. The zero-order valence-corrected chi connectivity index (χ0v) is 22.2. The average molecular weight is 539 g/mol. The van der Waals surface area contributed by atoms with E-state index in [1.165, 1.54) is 33.5 Å². The van der Waals surface area contributed by atoms with Gasteiger partial charge < -0.3 is 23.1 Å². The normalized spacial score (nSPS) is 11.1. The standard InChI is InChI=1S/C29H27FO7S/c1-33-25-16-21(12-15-24(25)36-18-19-8-6-5-7-9-19)27-26(34-2)17-23(20-10-13-22(30)14-11-20)28(35-3)29(27)37-38(4,31)32/h5-17H,18H2,1-4H3. The van der Waals surface area contributed by atoms with E-state index in [1.807, 2.05) is 30.3 Å². The smallest absolute Gasteiger partial charge is 0.306 e. The Morgan fingerprint density at radius 1 is 0.711 bits per heavy atom. The molecule has 4 aromatic carbocycles. The van der Waals surface area contributed by atoms with Gasteiger partial charge in [0.15, 0.2) is 23.0 Å². The van der Waals surface area contributed by atoms with Crippen molar-refractivity contribution in [1.82, 2.24) is 0 Å². The maximum atomic E-state index is 13.6. The summed E-state index contributed by atoms with van der Waals surface area (Å²) in [6.45, 7) is 0.336. The Balaban J connectivity index is 1.87. The third-order valence-corrected chi connectivity index (χ3v) is 6.17. The van der Waals surface area contributed by atoms with E-state index in [-0.39, 0.29) is 11.5 Å². The summed E-state index contributed by atoms with van der Waals surface area (Å²) in [6, 6.07) is 22.2. The van der Waals surface area contributed by atoms with Crippen molar-refractivity contribution in [1.29, 1.82) is 0 Å². The first-order valence-electron chi connectivity index (χ1n) is 11.5. The van der Waals surface area contributed by atoms with Crippen LogP contribution in [0.1, 0.15) is 5.56 Å². The Bertz CT molecular complexity index is 1520. The first-order valence-corrected chi connectivity index (χ1v) is 13.3. The molecular formula is C29H27FO7S. The van der Waals surface area contributed by atoms with Crippen LogP contribution in [0.15, 0.2) is 78.9 Å². The quantitative estimate of drug-likeness (QED) is 0.226. The molecule has 0 radical (unpaired) electrons. The number of benzene rings is 4. The second kappa shape index (κ2) is 11.4. The molecule has 0 bridgehead atoms. The second-order valence-electron chi connectivity index (χ2n) is 8.30. The summed E-state index contributed by atoms with van der Waals surface area (Å²) in [4.78, 5) is 0. The van der Waals surface area contributed by atoms with E-state index >= 15 is 0 Å². The molecule has 0 spiro atoms. The van der Waals surface area contributed by atoms with Crippen LogP contribution in [0.2, 0.25) is 0 Å². The molecule has 0 aliphatic heterocycles. The van der Waals surface area contributed by atoms with Gasteiger partial charge in [-0.1, -0.05) is 48.5 Å². The molecule has 0 N–H and O–H groups in total. The van der Waals surface area contributed by atoms with E-state index in [1.54, 1.807) is 36.4 Å². The van der Waals surface area contributed by atoms with E-state index < -0.39 is 15.9 Å². The van der Waals surface area contributed by atoms with Gasteiger partial charge in [0.05, 0.1) is 33.1 Å². The molecule has 7 nitrogen and oxygen atoms in total. The first kappa shape index (κ1) is 26.8. The van der Waals surface area contributed by atoms with Gasteiger partial charge in [-0.05, 0) is 47.0 Å². The number of methoxy groups -OCH3 is 3. The van der Waals surface area contributed by atoms with E-state index in [0.717, 1.165) is 11.8 Å². The highest BCUT2D eigenvalue weighted by Gasteiger charge is 2.27. The predicted octanol–water partition coefficient (Wildman–Crippen LogP) is 6.10. The highest BCUT2D eigenvalue weighted by Crippen LogP contribution is 2.51. The minimum atomic E-state index is -3.99. The summed E-state index contributed by atoms with van der Waals surface area (Å²) >= 11 is 0. The van der Waals surface area contributed by atoms with Gasteiger partial charge in [0.25, 0.3) is 0 Å². The van der Waals surface area contributed by atoms with Gasteiger partial charge >= 0.3 is 10.1 Å². The van der Waals surface area contributed by atoms with Crippen LogP contribution in [0.25, 0.3) is 22.3 Å². The number of rotatable bonds is 10. The van der Waals surface area contributed by atoms with E-state index in [2.05, 4.69) is 0 Å². The SMILES string of the molecule is COc1cc(-c2c(OC)cc(-c3ccc(F)cc3)c(OC)c2OS(C)(=O)=O)ccc1OCc1ccccc1. The Kier molecular flexibility index (Phi) is 8.07. The molecule has 0 heterocycles. The molecular weight excluding hydrogens is 511 g/mol. The summed E-state index contributed by atoms with van der Waals surface area (Å²) in [5, 5.41) is 0. The van der Waals surface area contributed by atoms with Crippen LogP contribution in [0.5, 0.6) is 28.7 Å². The topological polar surface area (TPSA) is 80.3 Å². The maximum Gasteiger partial charge on any atom is 0.306 e. The summed E-state index contributed by atoms with van der Waals surface area (Å²) in [5.41, 5.74) is 2.89. The van der Waals surface area contributed by atoms with Crippen LogP contribution in [-0.2, 0) is 16.7 Å². The fraction of sp³-hybridized carbons (Fsp3) is 0.172. The van der Waals surface area contributed by atoms with Crippen molar-refractivity contribution >= 4 is 10.1 Å². The molecule has 0 saturated heterocycles. The molecule has 0 saturated carbocycles. The molecule has 198 valence electrons. The lowest BCUT2D eigenvalue weighted by atomic mass is 9.96. The average Bonchev–Trinajstić information content (AvgIpc) is 2.91. The van der Waals surface area contributed by atoms with E-state index in [0.29, 0.717) is 46.1 Å². The van der Waals surface area contributed by atoms with Crippen molar-refractivity contribution in [2.24, 2.45) is 0 Å². The van der Waals surface area contributed by atoms with Crippen molar-refractivity contribution < 1.29 is 35.9 Å². The summed E-state index contributed by atoms with van der Waals surface area (Å²) in [6.07, 6.45) is 0.939. The minimum absolute atomic E-state index is 0.0753. The Morgan fingerprint density at radius 3 is 1.97 bits per heavy atom.